The molecule has 0 radical (unpaired) electrons. The lowest BCUT2D eigenvalue weighted by Crippen LogP contribution is -2.43. The van der Waals surface area contributed by atoms with E-state index >= 15 is 0 Å². The summed E-state index contributed by atoms with van der Waals surface area (Å²) in [7, 11) is 0. The molecular weight excluding hydrogens is 221 g/mol. The highest BCUT2D eigenvalue weighted by molar-refractivity contribution is 5.73. The Hall–Kier alpha value is -1.25. The predicted molar refractivity (Wildman–Crippen MR) is 50.2 cm³/mol. The van der Waals surface area contributed by atoms with Crippen LogP contribution >= 0.6 is 0 Å². The fourth-order valence-electron chi connectivity index (χ4n) is 1.96. The fourth-order valence-corrected chi connectivity index (χ4v) is 1.96. The summed E-state index contributed by atoms with van der Waals surface area (Å²) in [6.07, 6.45) is -5.21. The van der Waals surface area contributed by atoms with E-state index < -0.39 is 18.0 Å². The zero-order chi connectivity index (χ0) is 12.4. The monoisotopic (exact) mass is 234 g/mol. The summed E-state index contributed by atoms with van der Waals surface area (Å²) in [5.74, 6) is -0.154. The largest absolute Gasteiger partial charge is 0.390 e. The highest BCUT2D eigenvalue weighted by Crippen LogP contribution is 2.40. The van der Waals surface area contributed by atoms with Gasteiger partial charge in [-0.3, -0.25) is 4.79 Å². The van der Waals surface area contributed by atoms with E-state index in [2.05, 4.69) is 0 Å². The molecule has 0 bridgehead atoms. The molecule has 0 aromatic rings. The third-order valence-corrected chi connectivity index (χ3v) is 2.94. The van der Waals surface area contributed by atoms with Crippen LogP contribution in [-0.2, 0) is 4.79 Å². The van der Waals surface area contributed by atoms with Gasteiger partial charge in [-0.15, -0.1) is 0 Å². The van der Waals surface area contributed by atoms with Crippen LogP contribution in [0.4, 0.5) is 13.2 Å². The van der Waals surface area contributed by atoms with E-state index in [1.807, 2.05) is 0 Å². The number of piperidine rings is 1. The van der Waals surface area contributed by atoms with Crippen molar-refractivity contribution in [1.82, 2.24) is 4.90 Å². The van der Waals surface area contributed by atoms with Crippen molar-refractivity contribution in [2.24, 2.45) is 5.41 Å². The molecule has 0 spiro atoms. The molecule has 0 aromatic heterocycles. The zero-order valence-electron chi connectivity index (χ0n) is 8.97. The quantitative estimate of drug-likeness (QED) is 0.697. The molecule has 0 saturated carbocycles. The molecule has 0 aliphatic carbocycles. The lowest BCUT2D eigenvalue weighted by Gasteiger charge is -2.37. The summed E-state index contributed by atoms with van der Waals surface area (Å²) < 4.78 is 36.9. The number of rotatable bonds is 1. The van der Waals surface area contributed by atoms with Crippen LogP contribution in [0, 0.1) is 16.7 Å². The van der Waals surface area contributed by atoms with Crippen LogP contribution in [0.15, 0.2) is 0 Å². The van der Waals surface area contributed by atoms with Crippen LogP contribution in [0.3, 0.4) is 0 Å². The average molecular weight is 234 g/mol. The maximum absolute atomic E-state index is 12.3. The second kappa shape index (κ2) is 4.32. The highest BCUT2D eigenvalue weighted by Gasteiger charge is 2.44. The summed E-state index contributed by atoms with van der Waals surface area (Å²) in [4.78, 5) is 12.5. The van der Waals surface area contributed by atoms with Crippen molar-refractivity contribution < 1.29 is 18.0 Å². The molecule has 0 unspecified atom stereocenters. The SMILES string of the molecule is CC(=O)N1CCC(C#N)(CC(F)(F)F)CC1. The number of likely N-dealkylation sites (tertiary alicyclic amines) is 1. The van der Waals surface area contributed by atoms with E-state index in [1.54, 1.807) is 6.07 Å². The molecule has 90 valence electrons. The molecule has 16 heavy (non-hydrogen) atoms. The highest BCUT2D eigenvalue weighted by atomic mass is 19.4. The number of alkyl halides is 3. The van der Waals surface area contributed by atoms with E-state index in [4.69, 9.17) is 5.26 Å². The van der Waals surface area contributed by atoms with Gasteiger partial charge >= 0.3 is 6.18 Å². The molecule has 1 aliphatic rings. The molecule has 1 aliphatic heterocycles. The second-order valence-electron chi connectivity index (χ2n) is 4.19. The molecule has 1 saturated heterocycles. The van der Waals surface area contributed by atoms with Gasteiger partial charge in [0, 0.05) is 20.0 Å². The molecule has 0 N–H and O–H groups in total. The van der Waals surface area contributed by atoms with Crippen molar-refractivity contribution in [1.29, 1.82) is 5.26 Å². The fraction of sp³-hybridized carbons (Fsp3) is 0.800. The van der Waals surface area contributed by atoms with Gasteiger partial charge in [-0.25, -0.2) is 0 Å². The number of nitrogens with zero attached hydrogens (tertiary/aromatic N) is 2. The van der Waals surface area contributed by atoms with E-state index in [0.717, 1.165) is 0 Å². The third-order valence-electron chi connectivity index (χ3n) is 2.94. The number of hydrogen-bond donors (Lipinski definition) is 0. The lowest BCUT2D eigenvalue weighted by atomic mass is 9.77. The molecule has 1 heterocycles. The Morgan fingerprint density at radius 1 is 1.44 bits per heavy atom. The number of amides is 1. The molecule has 6 heteroatoms. The van der Waals surface area contributed by atoms with E-state index in [1.165, 1.54) is 11.8 Å². The Kier molecular flexibility index (Phi) is 3.46. The van der Waals surface area contributed by atoms with Gasteiger partial charge in [0.1, 0.15) is 0 Å². The lowest BCUT2D eigenvalue weighted by molar-refractivity contribution is -0.157. The predicted octanol–water partition coefficient (Wildman–Crippen LogP) is 2.09. The normalized spacial score (nSPS) is 20.3. The first-order chi connectivity index (χ1) is 7.28. The number of nitriles is 1. The minimum atomic E-state index is -4.33. The maximum Gasteiger partial charge on any atom is 0.390 e. The van der Waals surface area contributed by atoms with Crippen molar-refractivity contribution in [2.45, 2.75) is 32.4 Å². The second-order valence-corrected chi connectivity index (χ2v) is 4.19. The Balaban J connectivity index is 2.66. The Morgan fingerprint density at radius 3 is 2.25 bits per heavy atom. The van der Waals surface area contributed by atoms with Gasteiger partial charge in [-0.2, -0.15) is 18.4 Å². The van der Waals surface area contributed by atoms with Gasteiger partial charge in [0.15, 0.2) is 0 Å². The van der Waals surface area contributed by atoms with Gasteiger partial charge in [0.05, 0.1) is 17.9 Å². The summed E-state index contributed by atoms with van der Waals surface area (Å²) >= 11 is 0. The van der Waals surface area contributed by atoms with Gasteiger partial charge in [-0.1, -0.05) is 0 Å². The average Bonchev–Trinajstić information content (AvgIpc) is 2.16. The van der Waals surface area contributed by atoms with Crippen LogP contribution in [0.25, 0.3) is 0 Å². The minimum absolute atomic E-state index is 0.0998. The van der Waals surface area contributed by atoms with Crippen molar-refractivity contribution in [3.05, 3.63) is 0 Å². The summed E-state index contributed by atoms with van der Waals surface area (Å²) in [5, 5.41) is 8.88. The standard InChI is InChI=1S/C10H13F3N2O/c1-8(16)15-4-2-9(7-14,3-5-15)6-10(11,12)13/h2-6H2,1H3. The van der Waals surface area contributed by atoms with Crippen LogP contribution in [0.2, 0.25) is 0 Å². The van der Waals surface area contributed by atoms with Gasteiger partial charge in [0.2, 0.25) is 5.91 Å². The molecule has 1 amide bonds. The Bertz CT molecular complexity index is 311. The van der Waals surface area contributed by atoms with Crippen LogP contribution in [-0.4, -0.2) is 30.1 Å². The zero-order valence-corrected chi connectivity index (χ0v) is 8.97. The Morgan fingerprint density at radius 2 is 1.94 bits per heavy atom. The van der Waals surface area contributed by atoms with Gasteiger partial charge < -0.3 is 4.90 Å². The molecule has 3 nitrogen and oxygen atoms in total. The number of halogens is 3. The summed E-state index contributed by atoms with van der Waals surface area (Å²) in [5.41, 5.74) is -1.34. The molecule has 1 fully saturated rings. The summed E-state index contributed by atoms with van der Waals surface area (Å²) in [6.45, 7) is 1.85. The first kappa shape index (κ1) is 12.8. The number of hydrogen-bond acceptors (Lipinski definition) is 2. The van der Waals surface area contributed by atoms with Gasteiger partial charge in [-0.05, 0) is 12.8 Å². The molecular formula is C10H13F3N2O. The molecule has 0 atom stereocenters. The molecule has 1 rings (SSSR count). The first-order valence-corrected chi connectivity index (χ1v) is 5.01. The maximum atomic E-state index is 12.3. The Labute approximate surface area is 91.8 Å². The number of carbonyl (C=O) groups is 1. The smallest absolute Gasteiger partial charge is 0.343 e. The third kappa shape index (κ3) is 3.12. The van der Waals surface area contributed by atoms with E-state index in [-0.39, 0.29) is 31.8 Å². The first-order valence-electron chi connectivity index (χ1n) is 5.01. The van der Waals surface area contributed by atoms with Crippen LogP contribution in [0.5, 0.6) is 0 Å². The van der Waals surface area contributed by atoms with Crippen molar-refractivity contribution >= 4 is 5.91 Å². The summed E-state index contributed by atoms with van der Waals surface area (Å²) in [6, 6.07) is 1.78. The van der Waals surface area contributed by atoms with Crippen LogP contribution < -0.4 is 0 Å². The topological polar surface area (TPSA) is 44.1 Å². The minimum Gasteiger partial charge on any atom is -0.343 e. The van der Waals surface area contributed by atoms with Crippen LogP contribution in [0.1, 0.15) is 26.2 Å². The molecule has 0 aromatic carbocycles. The van der Waals surface area contributed by atoms with Crippen molar-refractivity contribution in [2.75, 3.05) is 13.1 Å². The number of carbonyl (C=O) groups excluding carboxylic acids is 1. The van der Waals surface area contributed by atoms with Crippen molar-refractivity contribution in [3.63, 3.8) is 0 Å². The van der Waals surface area contributed by atoms with Gasteiger partial charge in [0.25, 0.3) is 0 Å². The van der Waals surface area contributed by atoms with E-state index in [0.29, 0.717) is 0 Å². The van der Waals surface area contributed by atoms with E-state index in [9.17, 15) is 18.0 Å². The van der Waals surface area contributed by atoms with Crippen molar-refractivity contribution in [3.8, 4) is 6.07 Å².